The summed E-state index contributed by atoms with van der Waals surface area (Å²) in [6, 6.07) is 14.0. The van der Waals surface area contributed by atoms with Gasteiger partial charge in [0.15, 0.2) is 12.4 Å². The van der Waals surface area contributed by atoms with Gasteiger partial charge in [0.2, 0.25) is 11.6 Å². The second-order valence-corrected chi connectivity index (χ2v) is 3.87. The molecule has 0 saturated heterocycles. The highest BCUT2D eigenvalue weighted by Crippen LogP contribution is 2.03. The lowest BCUT2D eigenvalue weighted by Crippen LogP contribution is -2.28. The monoisotopic (exact) mass is 239 g/mol. The lowest BCUT2D eigenvalue weighted by Gasteiger charge is -2.02. The Morgan fingerprint density at radius 2 is 1.83 bits per heavy atom. The van der Waals surface area contributed by atoms with Crippen LogP contribution in [0.15, 0.2) is 67.5 Å². The van der Waals surface area contributed by atoms with E-state index in [1.54, 1.807) is 0 Å². The highest BCUT2D eigenvalue weighted by Gasteiger charge is 2.03. The maximum Gasteiger partial charge on any atom is 0.243 e. The first-order valence-electron chi connectivity index (χ1n) is 5.75. The summed E-state index contributed by atoms with van der Waals surface area (Å²) in [6.07, 6.45) is 5.26. The minimum Gasteiger partial charge on any atom is -0.348 e. The Morgan fingerprint density at radius 3 is 2.44 bits per heavy atom. The maximum atomic E-state index is 11.0. The zero-order valence-electron chi connectivity index (χ0n) is 10.0. The first-order chi connectivity index (χ1) is 8.79. The first kappa shape index (κ1) is 12.0. The number of amides is 1. The van der Waals surface area contributed by atoms with Crippen molar-refractivity contribution in [1.29, 1.82) is 0 Å². The lowest BCUT2D eigenvalue weighted by molar-refractivity contribution is -0.595. The molecule has 1 aromatic heterocycles. The number of aromatic nitrogens is 1. The fourth-order valence-electron chi connectivity index (χ4n) is 1.62. The maximum absolute atomic E-state index is 11.0. The van der Waals surface area contributed by atoms with Crippen molar-refractivity contribution in [2.45, 2.75) is 6.54 Å². The largest absolute Gasteiger partial charge is 0.348 e. The second-order valence-electron chi connectivity index (χ2n) is 3.87. The quantitative estimate of drug-likeness (QED) is 0.640. The van der Waals surface area contributed by atoms with E-state index in [9.17, 15) is 4.79 Å². The van der Waals surface area contributed by atoms with Gasteiger partial charge in [-0.25, -0.2) is 0 Å². The molecule has 0 aliphatic heterocycles. The molecule has 3 nitrogen and oxygen atoms in total. The molecule has 2 aromatic rings. The Labute approximate surface area is 106 Å². The van der Waals surface area contributed by atoms with Crippen molar-refractivity contribution >= 4 is 5.91 Å². The van der Waals surface area contributed by atoms with Gasteiger partial charge >= 0.3 is 0 Å². The highest BCUT2D eigenvalue weighted by atomic mass is 16.1. The van der Waals surface area contributed by atoms with E-state index in [2.05, 4.69) is 11.9 Å². The topological polar surface area (TPSA) is 33.0 Å². The summed E-state index contributed by atoms with van der Waals surface area (Å²) in [6.45, 7) is 3.93. The minimum absolute atomic E-state index is 0.156. The molecule has 0 aliphatic carbocycles. The van der Waals surface area contributed by atoms with Gasteiger partial charge in [-0.05, 0) is 11.6 Å². The Kier molecular flexibility index (Phi) is 3.86. The van der Waals surface area contributed by atoms with E-state index in [1.165, 1.54) is 6.08 Å². The fraction of sp³-hybridized carbons (Fsp3) is 0.0667. The van der Waals surface area contributed by atoms with Crippen molar-refractivity contribution in [2.75, 3.05) is 0 Å². The molecule has 90 valence electrons. The van der Waals surface area contributed by atoms with Crippen LogP contribution in [-0.2, 0) is 11.3 Å². The molecule has 2 rings (SSSR count). The van der Waals surface area contributed by atoms with Crippen molar-refractivity contribution in [2.24, 2.45) is 0 Å². The number of pyridine rings is 1. The predicted molar refractivity (Wildman–Crippen MR) is 70.0 cm³/mol. The van der Waals surface area contributed by atoms with Gasteiger partial charge in [-0.2, -0.15) is 4.57 Å². The molecule has 1 N–H and O–H groups in total. The standard InChI is InChI=1S/C15H14N2O/c1-2-15(18)16-12-13-6-8-14(9-7-13)17-10-4-3-5-11-17/h2-11H,1,12H2/p+1. The average Bonchev–Trinajstić information content (AvgIpc) is 2.46. The van der Waals surface area contributed by atoms with Crippen molar-refractivity contribution in [3.8, 4) is 5.69 Å². The van der Waals surface area contributed by atoms with Crippen LogP contribution in [0.2, 0.25) is 0 Å². The molecular formula is C15H15N2O+. The molecule has 1 amide bonds. The summed E-state index contributed by atoms with van der Waals surface area (Å²) in [5.41, 5.74) is 2.15. The van der Waals surface area contributed by atoms with Gasteiger partial charge in [-0.15, -0.1) is 0 Å². The van der Waals surface area contributed by atoms with Crippen molar-refractivity contribution < 1.29 is 9.36 Å². The number of hydrogen-bond donors (Lipinski definition) is 1. The number of benzene rings is 1. The number of hydrogen-bond acceptors (Lipinski definition) is 1. The molecule has 0 unspecified atom stereocenters. The number of rotatable bonds is 4. The molecule has 0 radical (unpaired) electrons. The van der Waals surface area contributed by atoms with Crippen LogP contribution in [0.5, 0.6) is 0 Å². The molecule has 0 saturated carbocycles. The van der Waals surface area contributed by atoms with Crippen LogP contribution in [0.25, 0.3) is 5.69 Å². The Balaban J connectivity index is 2.06. The summed E-state index contributed by atoms with van der Waals surface area (Å²) < 4.78 is 2.03. The average molecular weight is 239 g/mol. The summed E-state index contributed by atoms with van der Waals surface area (Å²) in [4.78, 5) is 11.0. The zero-order chi connectivity index (χ0) is 12.8. The Bertz CT molecular complexity index is 532. The van der Waals surface area contributed by atoms with E-state index in [0.29, 0.717) is 6.54 Å². The second kappa shape index (κ2) is 5.77. The zero-order valence-corrected chi connectivity index (χ0v) is 10.0. The van der Waals surface area contributed by atoms with Crippen LogP contribution in [-0.4, -0.2) is 5.91 Å². The van der Waals surface area contributed by atoms with Crippen molar-refractivity contribution in [1.82, 2.24) is 5.32 Å². The summed E-state index contributed by atoms with van der Waals surface area (Å²) in [5.74, 6) is -0.156. The third-order valence-corrected chi connectivity index (χ3v) is 2.60. The Hall–Kier alpha value is -2.42. The van der Waals surface area contributed by atoms with Crippen LogP contribution < -0.4 is 9.88 Å². The molecule has 0 aliphatic rings. The van der Waals surface area contributed by atoms with Crippen LogP contribution >= 0.6 is 0 Å². The van der Waals surface area contributed by atoms with E-state index in [4.69, 9.17) is 0 Å². The summed E-state index contributed by atoms with van der Waals surface area (Å²) in [5, 5.41) is 2.74. The van der Waals surface area contributed by atoms with Crippen molar-refractivity contribution in [3.63, 3.8) is 0 Å². The summed E-state index contributed by atoms with van der Waals surface area (Å²) >= 11 is 0. The van der Waals surface area contributed by atoms with Crippen LogP contribution in [0, 0.1) is 0 Å². The number of carbonyl (C=O) groups excluding carboxylic acids is 1. The number of nitrogens with zero attached hydrogens (tertiary/aromatic N) is 1. The first-order valence-corrected chi connectivity index (χ1v) is 5.75. The van der Waals surface area contributed by atoms with Gasteiger partial charge in [-0.1, -0.05) is 24.8 Å². The Morgan fingerprint density at radius 1 is 1.17 bits per heavy atom. The van der Waals surface area contributed by atoms with Gasteiger partial charge in [0.25, 0.3) is 0 Å². The fourth-order valence-corrected chi connectivity index (χ4v) is 1.62. The van der Waals surface area contributed by atoms with Crippen LogP contribution in [0.1, 0.15) is 5.56 Å². The molecular weight excluding hydrogens is 224 g/mol. The van der Waals surface area contributed by atoms with Crippen LogP contribution in [0.3, 0.4) is 0 Å². The van der Waals surface area contributed by atoms with Gasteiger partial charge in [0.1, 0.15) is 0 Å². The molecule has 0 spiro atoms. The molecule has 0 atom stereocenters. The van der Waals surface area contributed by atoms with E-state index < -0.39 is 0 Å². The molecule has 18 heavy (non-hydrogen) atoms. The molecule has 0 fully saturated rings. The van der Waals surface area contributed by atoms with E-state index >= 15 is 0 Å². The SMILES string of the molecule is C=CC(=O)NCc1ccc(-[n+]2ccccc2)cc1. The highest BCUT2D eigenvalue weighted by molar-refractivity contribution is 5.86. The van der Waals surface area contributed by atoms with Crippen LogP contribution in [0.4, 0.5) is 0 Å². The number of carbonyl (C=O) groups is 1. The molecule has 1 heterocycles. The normalized spacial score (nSPS) is 9.78. The molecule has 3 heteroatoms. The van der Waals surface area contributed by atoms with E-state index in [1.807, 2.05) is 59.4 Å². The van der Waals surface area contributed by atoms with E-state index in [-0.39, 0.29) is 5.91 Å². The minimum atomic E-state index is -0.156. The lowest BCUT2D eigenvalue weighted by atomic mass is 10.2. The summed E-state index contributed by atoms with van der Waals surface area (Å²) in [7, 11) is 0. The number of nitrogens with one attached hydrogen (secondary N) is 1. The third kappa shape index (κ3) is 3.04. The van der Waals surface area contributed by atoms with Gasteiger partial charge in [0.05, 0.1) is 0 Å². The molecule has 0 bridgehead atoms. The smallest absolute Gasteiger partial charge is 0.243 e. The van der Waals surface area contributed by atoms with E-state index in [0.717, 1.165) is 11.3 Å². The van der Waals surface area contributed by atoms with Gasteiger partial charge in [0, 0.05) is 30.8 Å². The van der Waals surface area contributed by atoms with Gasteiger partial charge < -0.3 is 5.32 Å². The third-order valence-electron chi connectivity index (χ3n) is 2.60. The molecule has 1 aromatic carbocycles. The van der Waals surface area contributed by atoms with Gasteiger partial charge in [-0.3, -0.25) is 4.79 Å². The van der Waals surface area contributed by atoms with Crippen molar-refractivity contribution in [3.05, 3.63) is 73.1 Å². The predicted octanol–water partition coefficient (Wildman–Crippen LogP) is 1.77.